The fourth-order valence-corrected chi connectivity index (χ4v) is 1.83. The van der Waals surface area contributed by atoms with Gasteiger partial charge in [-0.25, -0.2) is 9.67 Å². The molecule has 3 rings (SSSR count). The molecule has 2 heterocycles. The lowest BCUT2D eigenvalue weighted by molar-refractivity contribution is -0.274. The molecular weight excluding hydrogens is 289 g/mol. The monoisotopic (exact) mass is 296 g/mol. The highest BCUT2D eigenvalue weighted by molar-refractivity contribution is 5.84. The predicted molar refractivity (Wildman–Crippen MR) is 66.2 cm³/mol. The van der Waals surface area contributed by atoms with Crippen molar-refractivity contribution in [3.63, 3.8) is 0 Å². The summed E-state index contributed by atoms with van der Waals surface area (Å²) in [6, 6.07) is 5.32. The van der Waals surface area contributed by atoms with Crippen molar-refractivity contribution in [2.24, 2.45) is 0 Å². The minimum Gasteiger partial charge on any atom is -0.403 e. The van der Waals surface area contributed by atoms with Gasteiger partial charge in [-0.3, -0.25) is 9.78 Å². The fraction of sp³-hybridized carbons (Fsp3) is 0.0833. The van der Waals surface area contributed by atoms with Crippen molar-refractivity contribution >= 4 is 10.9 Å². The van der Waals surface area contributed by atoms with Crippen molar-refractivity contribution in [1.82, 2.24) is 19.7 Å². The summed E-state index contributed by atoms with van der Waals surface area (Å²) in [5.41, 5.74) is -0.776. The van der Waals surface area contributed by atoms with Gasteiger partial charge in [-0.05, 0) is 18.2 Å². The summed E-state index contributed by atoms with van der Waals surface area (Å²) < 4.78 is 42.3. The largest absolute Gasteiger partial charge is 0.573 e. The molecular formula is C12H7F3N4O2. The molecule has 0 aliphatic carbocycles. The maximum absolute atomic E-state index is 12.4. The van der Waals surface area contributed by atoms with E-state index in [0.717, 1.165) is 6.07 Å². The lowest BCUT2D eigenvalue weighted by Crippen LogP contribution is -2.19. The van der Waals surface area contributed by atoms with Crippen LogP contribution in [0.15, 0.2) is 41.5 Å². The minimum atomic E-state index is -4.87. The summed E-state index contributed by atoms with van der Waals surface area (Å²) in [6.45, 7) is 0. The molecule has 0 saturated carbocycles. The van der Waals surface area contributed by atoms with Crippen molar-refractivity contribution in [2.45, 2.75) is 6.36 Å². The normalized spacial score (nSPS) is 11.8. The summed E-state index contributed by atoms with van der Waals surface area (Å²) >= 11 is 0. The number of aromatic amines is 1. The average Bonchev–Trinajstić information content (AvgIpc) is 2.91. The molecule has 21 heavy (non-hydrogen) atoms. The van der Waals surface area contributed by atoms with Crippen molar-refractivity contribution in [3.05, 3.63) is 47.0 Å². The van der Waals surface area contributed by atoms with Gasteiger partial charge < -0.3 is 4.74 Å². The number of nitrogens with zero attached hydrogens (tertiary/aromatic N) is 3. The van der Waals surface area contributed by atoms with Crippen LogP contribution in [0.25, 0.3) is 16.9 Å². The van der Waals surface area contributed by atoms with Crippen LogP contribution in [0.2, 0.25) is 0 Å². The molecule has 0 bridgehead atoms. The quantitative estimate of drug-likeness (QED) is 0.785. The molecule has 1 N–H and O–H groups in total. The first-order valence-electron chi connectivity index (χ1n) is 5.73. The number of alkyl halides is 3. The zero-order valence-corrected chi connectivity index (χ0v) is 10.3. The van der Waals surface area contributed by atoms with E-state index in [2.05, 4.69) is 19.8 Å². The highest BCUT2D eigenvalue weighted by Crippen LogP contribution is 2.28. The van der Waals surface area contributed by atoms with E-state index in [9.17, 15) is 18.0 Å². The summed E-state index contributed by atoms with van der Waals surface area (Å²) in [5.74, 6) is -0.546. The van der Waals surface area contributed by atoms with E-state index >= 15 is 0 Å². The Morgan fingerprint density at radius 1 is 1.24 bits per heavy atom. The van der Waals surface area contributed by atoms with Crippen molar-refractivity contribution < 1.29 is 17.9 Å². The molecule has 0 atom stereocenters. The number of aromatic nitrogens is 4. The summed E-state index contributed by atoms with van der Waals surface area (Å²) in [4.78, 5) is 18.4. The lowest BCUT2D eigenvalue weighted by Gasteiger charge is -2.11. The number of ether oxygens (including phenoxy) is 1. The standard InChI is InChI=1S/C12H7F3N4O2/c13-12(14,15)21-8-4-1-3-7-9(8)17-11(18-10(7)20)19-6-2-5-16-19/h1-6H,(H,17,18,20). The molecule has 0 saturated heterocycles. The Morgan fingerprint density at radius 2 is 2.05 bits per heavy atom. The van der Waals surface area contributed by atoms with E-state index < -0.39 is 17.7 Å². The Bertz CT molecular complexity index is 840. The van der Waals surface area contributed by atoms with E-state index in [4.69, 9.17) is 0 Å². The maximum Gasteiger partial charge on any atom is 0.573 e. The smallest absolute Gasteiger partial charge is 0.403 e. The van der Waals surface area contributed by atoms with E-state index in [1.54, 1.807) is 6.07 Å². The van der Waals surface area contributed by atoms with Crippen LogP contribution in [-0.4, -0.2) is 26.1 Å². The van der Waals surface area contributed by atoms with Gasteiger partial charge in [0.15, 0.2) is 5.75 Å². The molecule has 0 amide bonds. The zero-order chi connectivity index (χ0) is 15.0. The number of nitrogens with one attached hydrogen (secondary N) is 1. The highest BCUT2D eigenvalue weighted by atomic mass is 19.4. The molecule has 108 valence electrons. The van der Waals surface area contributed by atoms with Crippen molar-refractivity contribution in [2.75, 3.05) is 0 Å². The Labute approximate surface area is 114 Å². The number of halogens is 3. The third kappa shape index (κ3) is 2.57. The molecule has 3 aromatic rings. The number of rotatable bonds is 2. The second-order valence-corrected chi connectivity index (χ2v) is 4.04. The van der Waals surface area contributed by atoms with E-state index in [1.807, 2.05) is 0 Å². The summed E-state index contributed by atoms with van der Waals surface area (Å²) in [6.07, 6.45) is -1.93. The van der Waals surface area contributed by atoms with Crippen LogP contribution >= 0.6 is 0 Å². The molecule has 0 aliphatic rings. The molecule has 6 nitrogen and oxygen atoms in total. The van der Waals surface area contributed by atoms with E-state index in [-0.39, 0.29) is 16.9 Å². The SMILES string of the molecule is O=c1[nH]c(-n2cccn2)nc2c(OC(F)(F)F)cccc12. The van der Waals surface area contributed by atoms with Gasteiger partial charge in [-0.2, -0.15) is 5.10 Å². The molecule has 0 radical (unpaired) electrons. The first-order chi connectivity index (χ1) is 9.94. The number of para-hydroxylation sites is 1. The number of hydrogen-bond acceptors (Lipinski definition) is 4. The van der Waals surface area contributed by atoms with Gasteiger partial charge in [0.05, 0.1) is 5.39 Å². The Hall–Kier alpha value is -2.84. The van der Waals surface area contributed by atoms with Gasteiger partial charge in [-0.15, -0.1) is 13.2 Å². The Balaban J connectivity index is 2.24. The van der Waals surface area contributed by atoms with Crippen LogP contribution in [0.3, 0.4) is 0 Å². The van der Waals surface area contributed by atoms with Gasteiger partial charge in [0, 0.05) is 12.4 Å². The Morgan fingerprint density at radius 3 is 2.71 bits per heavy atom. The predicted octanol–water partition coefficient (Wildman–Crippen LogP) is 2.01. The Kier molecular flexibility index (Phi) is 2.89. The van der Waals surface area contributed by atoms with Crippen molar-refractivity contribution in [1.29, 1.82) is 0 Å². The molecule has 0 fully saturated rings. The van der Waals surface area contributed by atoms with Crippen molar-refractivity contribution in [3.8, 4) is 11.7 Å². The van der Waals surface area contributed by atoms with E-state index in [0.29, 0.717) is 0 Å². The summed E-state index contributed by atoms with van der Waals surface area (Å²) in [5, 5.41) is 3.85. The molecule has 2 aromatic heterocycles. The molecule has 0 spiro atoms. The van der Waals surface area contributed by atoms with Crippen LogP contribution in [0.1, 0.15) is 0 Å². The third-order valence-corrected chi connectivity index (χ3v) is 2.63. The maximum atomic E-state index is 12.4. The molecule has 9 heteroatoms. The van der Waals surface area contributed by atoms with Gasteiger partial charge in [0.1, 0.15) is 5.52 Å². The van der Waals surface area contributed by atoms with Gasteiger partial charge in [0.25, 0.3) is 5.56 Å². The molecule has 0 aliphatic heterocycles. The fourth-order valence-electron chi connectivity index (χ4n) is 1.83. The van der Waals surface area contributed by atoms with Crippen LogP contribution in [0, 0.1) is 0 Å². The second-order valence-electron chi connectivity index (χ2n) is 4.04. The van der Waals surface area contributed by atoms with Crippen LogP contribution in [0.4, 0.5) is 13.2 Å². The highest BCUT2D eigenvalue weighted by Gasteiger charge is 2.32. The average molecular weight is 296 g/mol. The third-order valence-electron chi connectivity index (χ3n) is 2.63. The second kappa shape index (κ2) is 4.62. The molecule has 1 aromatic carbocycles. The van der Waals surface area contributed by atoms with E-state index in [1.165, 1.54) is 29.2 Å². The minimum absolute atomic E-state index is 0.00396. The van der Waals surface area contributed by atoms with Crippen LogP contribution in [0.5, 0.6) is 5.75 Å². The molecule has 0 unspecified atom stereocenters. The number of fused-ring (bicyclic) bond motifs is 1. The van der Waals surface area contributed by atoms with Crippen LogP contribution < -0.4 is 10.3 Å². The van der Waals surface area contributed by atoms with Gasteiger partial charge in [-0.1, -0.05) is 6.07 Å². The first-order valence-corrected chi connectivity index (χ1v) is 5.73. The first kappa shape index (κ1) is 13.2. The van der Waals surface area contributed by atoms with Gasteiger partial charge in [0.2, 0.25) is 5.95 Å². The number of benzene rings is 1. The number of hydrogen-bond donors (Lipinski definition) is 1. The van der Waals surface area contributed by atoms with Gasteiger partial charge >= 0.3 is 6.36 Å². The lowest BCUT2D eigenvalue weighted by atomic mass is 10.2. The zero-order valence-electron chi connectivity index (χ0n) is 10.3. The summed E-state index contributed by atoms with van der Waals surface area (Å²) in [7, 11) is 0. The topological polar surface area (TPSA) is 72.8 Å². The number of H-pyrrole nitrogens is 1. The van der Waals surface area contributed by atoms with Crippen LogP contribution in [-0.2, 0) is 0 Å².